The van der Waals surface area contributed by atoms with E-state index in [0.717, 1.165) is 17.0 Å². The molecule has 0 saturated carbocycles. The molecule has 2 rings (SSSR count). The Kier molecular flexibility index (Phi) is 3.40. The zero-order chi connectivity index (χ0) is 12.1. The highest BCUT2D eigenvalue weighted by molar-refractivity contribution is 5.68. The van der Waals surface area contributed by atoms with Gasteiger partial charge in [0.05, 0.1) is 12.0 Å². The van der Waals surface area contributed by atoms with Gasteiger partial charge in [-0.2, -0.15) is 0 Å². The van der Waals surface area contributed by atoms with Gasteiger partial charge in [-0.15, -0.1) is 0 Å². The molecule has 0 N–H and O–H groups in total. The number of para-hydroxylation sites is 1. The van der Waals surface area contributed by atoms with Crippen LogP contribution >= 0.6 is 0 Å². The highest BCUT2D eigenvalue weighted by atomic mass is 16.5. The maximum absolute atomic E-state index is 5.59. The molecule has 0 fully saturated rings. The fourth-order valence-corrected chi connectivity index (χ4v) is 1.54. The standard InChI is InChI=1S/C14H14N2O/c1-3-10-17-14-7-5-4-6-13(14)12(2)16-9-8-15-11-16/h3-9,11H,1-2,10H2. The molecule has 3 heteroatoms. The second-order valence-electron chi connectivity index (χ2n) is 3.51. The van der Waals surface area contributed by atoms with Gasteiger partial charge in [-0.3, -0.25) is 0 Å². The van der Waals surface area contributed by atoms with Crippen molar-refractivity contribution >= 4 is 5.70 Å². The highest BCUT2D eigenvalue weighted by Gasteiger charge is 2.07. The Morgan fingerprint density at radius 2 is 2.24 bits per heavy atom. The third-order valence-corrected chi connectivity index (χ3v) is 2.37. The molecule has 3 nitrogen and oxygen atoms in total. The Hall–Kier alpha value is -2.29. The summed E-state index contributed by atoms with van der Waals surface area (Å²) < 4.78 is 7.45. The summed E-state index contributed by atoms with van der Waals surface area (Å²) in [7, 11) is 0. The number of ether oxygens (including phenoxy) is 1. The molecule has 0 aliphatic heterocycles. The van der Waals surface area contributed by atoms with E-state index in [9.17, 15) is 0 Å². The van der Waals surface area contributed by atoms with E-state index in [1.165, 1.54) is 0 Å². The Morgan fingerprint density at radius 3 is 2.94 bits per heavy atom. The van der Waals surface area contributed by atoms with Crippen LogP contribution in [0.25, 0.3) is 5.70 Å². The fourth-order valence-electron chi connectivity index (χ4n) is 1.54. The van der Waals surface area contributed by atoms with Crippen LogP contribution in [0.5, 0.6) is 5.75 Å². The Bertz CT molecular complexity index is 515. The van der Waals surface area contributed by atoms with Crippen molar-refractivity contribution in [2.75, 3.05) is 6.61 Å². The molecule has 0 radical (unpaired) electrons. The SMILES string of the molecule is C=CCOc1ccccc1C(=C)n1ccnc1. The Balaban J connectivity index is 2.31. The van der Waals surface area contributed by atoms with Crippen molar-refractivity contribution < 1.29 is 4.74 Å². The minimum atomic E-state index is 0.480. The Morgan fingerprint density at radius 1 is 1.41 bits per heavy atom. The molecule has 1 heterocycles. The van der Waals surface area contributed by atoms with Gasteiger partial charge < -0.3 is 9.30 Å². The van der Waals surface area contributed by atoms with Crippen molar-refractivity contribution in [3.05, 3.63) is 67.8 Å². The largest absolute Gasteiger partial charge is 0.489 e. The second-order valence-corrected chi connectivity index (χ2v) is 3.51. The van der Waals surface area contributed by atoms with Crippen LogP contribution in [0.1, 0.15) is 5.56 Å². The maximum Gasteiger partial charge on any atom is 0.129 e. The lowest BCUT2D eigenvalue weighted by atomic mass is 10.1. The molecule has 0 saturated heterocycles. The molecule has 0 spiro atoms. The number of nitrogens with zero attached hydrogens (tertiary/aromatic N) is 2. The van der Waals surface area contributed by atoms with Crippen LogP contribution in [-0.2, 0) is 0 Å². The van der Waals surface area contributed by atoms with E-state index in [1.807, 2.05) is 35.0 Å². The third-order valence-electron chi connectivity index (χ3n) is 2.37. The van der Waals surface area contributed by atoms with Crippen molar-refractivity contribution in [3.8, 4) is 5.75 Å². The lowest BCUT2D eigenvalue weighted by Gasteiger charge is -2.12. The number of aromatic nitrogens is 2. The molecule has 0 aliphatic carbocycles. The number of hydrogen-bond donors (Lipinski definition) is 0. The average Bonchev–Trinajstić information content (AvgIpc) is 2.89. The van der Waals surface area contributed by atoms with Crippen molar-refractivity contribution in [1.82, 2.24) is 9.55 Å². The van der Waals surface area contributed by atoms with Crippen LogP contribution in [0.4, 0.5) is 0 Å². The van der Waals surface area contributed by atoms with Gasteiger partial charge >= 0.3 is 0 Å². The summed E-state index contributed by atoms with van der Waals surface area (Å²) >= 11 is 0. The number of hydrogen-bond acceptors (Lipinski definition) is 2. The van der Waals surface area contributed by atoms with Gasteiger partial charge in [0.1, 0.15) is 12.4 Å². The van der Waals surface area contributed by atoms with E-state index >= 15 is 0 Å². The molecule has 86 valence electrons. The van der Waals surface area contributed by atoms with Crippen molar-refractivity contribution in [3.63, 3.8) is 0 Å². The van der Waals surface area contributed by atoms with Gasteiger partial charge in [0.2, 0.25) is 0 Å². The molecule has 0 unspecified atom stereocenters. The van der Waals surface area contributed by atoms with E-state index in [2.05, 4.69) is 18.1 Å². The van der Waals surface area contributed by atoms with Crippen LogP contribution in [-0.4, -0.2) is 16.2 Å². The van der Waals surface area contributed by atoms with Crippen molar-refractivity contribution in [1.29, 1.82) is 0 Å². The van der Waals surface area contributed by atoms with Crippen molar-refractivity contribution in [2.24, 2.45) is 0 Å². The van der Waals surface area contributed by atoms with E-state index in [4.69, 9.17) is 4.74 Å². The van der Waals surface area contributed by atoms with Crippen LogP contribution in [0.2, 0.25) is 0 Å². The fraction of sp³-hybridized carbons (Fsp3) is 0.0714. The topological polar surface area (TPSA) is 27.1 Å². The molecule has 2 aromatic rings. The summed E-state index contributed by atoms with van der Waals surface area (Å²) in [5.74, 6) is 0.797. The van der Waals surface area contributed by atoms with Gasteiger partial charge in [-0.05, 0) is 12.1 Å². The summed E-state index contributed by atoms with van der Waals surface area (Å²) in [4.78, 5) is 4.01. The smallest absolute Gasteiger partial charge is 0.129 e. The molecule has 17 heavy (non-hydrogen) atoms. The quantitative estimate of drug-likeness (QED) is 0.733. The highest BCUT2D eigenvalue weighted by Crippen LogP contribution is 2.25. The van der Waals surface area contributed by atoms with Gasteiger partial charge in [0.15, 0.2) is 0 Å². The first kappa shape index (κ1) is 11.2. The zero-order valence-corrected chi connectivity index (χ0v) is 9.54. The summed E-state index contributed by atoms with van der Waals surface area (Å²) in [6.07, 6.45) is 7.01. The number of rotatable bonds is 5. The van der Waals surface area contributed by atoms with E-state index in [-0.39, 0.29) is 0 Å². The zero-order valence-electron chi connectivity index (χ0n) is 9.54. The molecule has 0 aliphatic rings. The van der Waals surface area contributed by atoms with E-state index in [1.54, 1.807) is 18.6 Å². The first-order valence-corrected chi connectivity index (χ1v) is 5.33. The molecule has 1 aromatic heterocycles. The number of benzene rings is 1. The van der Waals surface area contributed by atoms with Crippen LogP contribution < -0.4 is 4.74 Å². The normalized spacial score (nSPS) is 9.88. The predicted octanol–water partition coefficient (Wildman–Crippen LogP) is 2.97. The lowest BCUT2D eigenvalue weighted by molar-refractivity contribution is 0.362. The first-order chi connectivity index (χ1) is 8.33. The summed E-state index contributed by atoms with van der Waals surface area (Å²) in [5.41, 5.74) is 1.79. The molecule has 1 aromatic carbocycles. The monoisotopic (exact) mass is 226 g/mol. The van der Waals surface area contributed by atoms with E-state index < -0.39 is 0 Å². The minimum Gasteiger partial charge on any atom is -0.489 e. The van der Waals surface area contributed by atoms with Gasteiger partial charge in [-0.1, -0.05) is 31.4 Å². The van der Waals surface area contributed by atoms with Gasteiger partial charge in [-0.25, -0.2) is 4.98 Å². The average molecular weight is 226 g/mol. The minimum absolute atomic E-state index is 0.480. The molecule has 0 atom stereocenters. The molecule has 0 bridgehead atoms. The first-order valence-electron chi connectivity index (χ1n) is 5.33. The van der Waals surface area contributed by atoms with Crippen LogP contribution in [0, 0.1) is 0 Å². The lowest BCUT2D eigenvalue weighted by Crippen LogP contribution is -2.00. The van der Waals surface area contributed by atoms with E-state index in [0.29, 0.717) is 6.61 Å². The summed E-state index contributed by atoms with van der Waals surface area (Å²) in [6, 6.07) is 7.78. The van der Waals surface area contributed by atoms with Gasteiger partial charge in [0, 0.05) is 18.0 Å². The second kappa shape index (κ2) is 5.16. The molecular weight excluding hydrogens is 212 g/mol. The summed E-state index contributed by atoms with van der Waals surface area (Å²) in [5, 5.41) is 0. The third kappa shape index (κ3) is 2.45. The molecule has 0 amide bonds. The number of imidazole rings is 1. The van der Waals surface area contributed by atoms with Crippen LogP contribution in [0.15, 0.2) is 62.2 Å². The predicted molar refractivity (Wildman–Crippen MR) is 68.8 cm³/mol. The summed E-state index contributed by atoms with van der Waals surface area (Å²) in [6.45, 7) is 8.17. The molecular formula is C14H14N2O. The van der Waals surface area contributed by atoms with Crippen LogP contribution in [0.3, 0.4) is 0 Å². The van der Waals surface area contributed by atoms with Gasteiger partial charge in [0.25, 0.3) is 0 Å². The maximum atomic E-state index is 5.59. The Labute approximate surface area is 101 Å². The van der Waals surface area contributed by atoms with Crippen molar-refractivity contribution in [2.45, 2.75) is 0 Å².